The Morgan fingerprint density at radius 3 is 2.68 bits per heavy atom. The van der Waals surface area contributed by atoms with Gasteiger partial charge in [-0.2, -0.15) is 5.26 Å². The molecule has 0 amide bonds. The number of esters is 1. The summed E-state index contributed by atoms with van der Waals surface area (Å²) in [6.07, 6.45) is 1.46. The highest BCUT2D eigenvalue weighted by Crippen LogP contribution is 2.31. The molecule has 25 heavy (non-hydrogen) atoms. The second kappa shape index (κ2) is 6.17. The lowest BCUT2D eigenvalue weighted by Gasteiger charge is -2.09. The highest BCUT2D eigenvalue weighted by molar-refractivity contribution is 5.93. The van der Waals surface area contributed by atoms with Gasteiger partial charge < -0.3 is 19.5 Å². The Bertz CT molecular complexity index is 1030. The van der Waals surface area contributed by atoms with Crippen LogP contribution in [-0.4, -0.2) is 27.4 Å². The normalized spacial score (nSPS) is 10.6. The molecule has 3 rings (SSSR count). The van der Waals surface area contributed by atoms with Crippen molar-refractivity contribution in [1.82, 2.24) is 4.57 Å². The quantitative estimate of drug-likeness (QED) is 0.714. The van der Waals surface area contributed by atoms with Gasteiger partial charge in [0.1, 0.15) is 17.4 Å². The second-order valence-corrected chi connectivity index (χ2v) is 5.27. The Labute approximate surface area is 141 Å². The first-order valence-corrected chi connectivity index (χ1v) is 7.40. The molecule has 2 aromatic carbocycles. The van der Waals surface area contributed by atoms with Gasteiger partial charge in [-0.15, -0.1) is 0 Å². The molecule has 0 aliphatic heterocycles. The third-order valence-corrected chi connectivity index (χ3v) is 3.75. The molecule has 0 unspecified atom stereocenters. The van der Waals surface area contributed by atoms with E-state index in [2.05, 4.69) is 0 Å². The number of rotatable bonds is 3. The van der Waals surface area contributed by atoms with Crippen molar-refractivity contribution in [3.05, 3.63) is 53.5 Å². The van der Waals surface area contributed by atoms with Crippen LogP contribution in [0.3, 0.4) is 0 Å². The lowest BCUT2D eigenvalue weighted by molar-refractivity contribution is 0.0523. The highest BCUT2D eigenvalue weighted by atomic mass is 19.1. The minimum absolute atomic E-state index is 0.00592. The summed E-state index contributed by atoms with van der Waals surface area (Å²) < 4.78 is 20.1. The predicted octanol–water partition coefficient (Wildman–Crippen LogP) is 3.23. The molecule has 0 bridgehead atoms. The smallest absolute Gasteiger partial charge is 0.341 e. The molecular weight excluding hydrogens is 327 g/mol. The Hall–Kier alpha value is -3.53. The van der Waals surface area contributed by atoms with Gasteiger partial charge in [0.05, 0.1) is 17.7 Å². The molecular formula is C18H13FN2O4. The summed E-state index contributed by atoms with van der Waals surface area (Å²) in [5, 5.41) is 29.2. The molecule has 0 atom stereocenters. The van der Waals surface area contributed by atoms with E-state index in [9.17, 15) is 24.7 Å². The van der Waals surface area contributed by atoms with Crippen molar-refractivity contribution >= 4 is 16.9 Å². The molecule has 7 heteroatoms. The summed E-state index contributed by atoms with van der Waals surface area (Å²) in [4.78, 5) is 11.7. The summed E-state index contributed by atoms with van der Waals surface area (Å²) in [7, 11) is 0. The number of benzene rings is 2. The minimum atomic E-state index is -0.830. The summed E-state index contributed by atoms with van der Waals surface area (Å²) in [5.74, 6) is -2.33. The second-order valence-electron chi connectivity index (χ2n) is 5.27. The van der Waals surface area contributed by atoms with E-state index in [1.54, 1.807) is 6.92 Å². The average Bonchev–Trinajstić information content (AvgIpc) is 2.93. The van der Waals surface area contributed by atoms with Crippen LogP contribution in [0.4, 0.5) is 4.39 Å². The summed E-state index contributed by atoms with van der Waals surface area (Å²) in [6.45, 7) is 1.83. The number of phenolic OH excluding ortho intramolecular Hbond substituents is 2. The van der Waals surface area contributed by atoms with E-state index in [1.165, 1.54) is 35.0 Å². The van der Waals surface area contributed by atoms with Crippen molar-refractivity contribution in [1.29, 1.82) is 5.26 Å². The first-order valence-electron chi connectivity index (χ1n) is 7.40. The molecule has 0 aliphatic carbocycles. The average molecular weight is 340 g/mol. The molecule has 6 nitrogen and oxygen atoms in total. The molecule has 0 aliphatic rings. The number of fused-ring (bicyclic) bond motifs is 1. The van der Waals surface area contributed by atoms with E-state index < -0.39 is 17.5 Å². The maximum Gasteiger partial charge on any atom is 0.341 e. The molecule has 3 aromatic rings. The van der Waals surface area contributed by atoms with Crippen LogP contribution in [0.25, 0.3) is 16.6 Å². The van der Waals surface area contributed by atoms with Crippen LogP contribution in [0.2, 0.25) is 0 Å². The maximum absolute atomic E-state index is 13.7. The number of aromatic nitrogens is 1. The Morgan fingerprint density at radius 1 is 1.28 bits per heavy atom. The number of carbonyl (C=O) groups is 1. The molecule has 2 N–H and O–H groups in total. The maximum atomic E-state index is 13.7. The van der Waals surface area contributed by atoms with Gasteiger partial charge in [0.25, 0.3) is 0 Å². The van der Waals surface area contributed by atoms with Crippen LogP contribution in [0.1, 0.15) is 22.8 Å². The van der Waals surface area contributed by atoms with Crippen LogP contribution >= 0.6 is 0 Å². The lowest BCUT2D eigenvalue weighted by Crippen LogP contribution is -2.05. The van der Waals surface area contributed by atoms with Gasteiger partial charge in [-0.3, -0.25) is 0 Å². The van der Waals surface area contributed by atoms with Crippen LogP contribution < -0.4 is 0 Å². The summed E-state index contributed by atoms with van der Waals surface area (Å²) in [5.41, 5.74) is 1.00. The minimum Gasteiger partial charge on any atom is -0.507 e. The lowest BCUT2D eigenvalue weighted by atomic mass is 10.1. The van der Waals surface area contributed by atoms with E-state index in [-0.39, 0.29) is 23.5 Å². The van der Waals surface area contributed by atoms with Gasteiger partial charge in [0.2, 0.25) is 0 Å². The van der Waals surface area contributed by atoms with Crippen LogP contribution in [0.15, 0.2) is 36.5 Å². The summed E-state index contributed by atoms with van der Waals surface area (Å²) in [6, 6.07) is 8.49. The zero-order valence-corrected chi connectivity index (χ0v) is 13.2. The molecule has 1 heterocycles. The number of nitriles is 1. The molecule has 126 valence electrons. The molecule has 0 fully saturated rings. The van der Waals surface area contributed by atoms with Gasteiger partial charge in [0, 0.05) is 29.4 Å². The molecule has 0 spiro atoms. The molecule has 1 aromatic heterocycles. The zero-order valence-electron chi connectivity index (χ0n) is 13.2. The highest BCUT2D eigenvalue weighted by Gasteiger charge is 2.17. The summed E-state index contributed by atoms with van der Waals surface area (Å²) >= 11 is 0. The standard InChI is InChI=1S/C18H13FN2O4/c1-2-25-18(24)12-4-3-11(5-16(12)22)21-9-10(8-20)13-6-17(23)14(19)7-15(13)21/h3-7,9,22-23H,2H2,1H3. The van der Waals surface area contributed by atoms with Crippen molar-refractivity contribution in [2.75, 3.05) is 6.61 Å². The van der Waals surface area contributed by atoms with Gasteiger partial charge in [-0.25, -0.2) is 9.18 Å². The first kappa shape index (κ1) is 16.3. The number of ether oxygens (including phenoxy) is 1. The van der Waals surface area contributed by atoms with E-state index in [0.717, 1.165) is 6.07 Å². The first-order chi connectivity index (χ1) is 12.0. The number of halogens is 1. The SMILES string of the molecule is CCOC(=O)c1ccc(-n2cc(C#N)c3cc(O)c(F)cc32)cc1O. The van der Waals surface area contributed by atoms with E-state index in [1.807, 2.05) is 6.07 Å². The monoisotopic (exact) mass is 340 g/mol. The van der Waals surface area contributed by atoms with Crippen LogP contribution in [0, 0.1) is 17.1 Å². The van der Waals surface area contributed by atoms with Crippen molar-refractivity contribution in [2.24, 2.45) is 0 Å². The number of nitrogens with zero attached hydrogens (tertiary/aromatic N) is 2. The number of hydrogen-bond acceptors (Lipinski definition) is 5. The van der Waals surface area contributed by atoms with Gasteiger partial charge in [0.15, 0.2) is 11.6 Å². The fraction of sp³-hybridized carbons (Fsp3) is 0.111. The van der Waals surface area contributed by atoms with E-state index >= 15 is 0 Å². The fourth-order valence-electron chi connectivity index (χ4n) is 2.59. The Balaban J connectivity index is 2.17. The van der Waals surface area contributed by atoms with Gasteiger partial charge in [-0.1, -0.05) is 0 Å². The largest absolute Gasteiger partial charge is 0.507 e. The molecule has 0 radical (unpaired) electrons. The Morgan fingerprint density at radius 2 is 2.04 bits per heavy atom. The Kier molecular flexibility index (Phi) is 4.03. The number of carbonyl (C=O) groups excluding carboxylic acids is 1. The van der Waals surface area contributed by atoms with Crippen LogP contribution in [-0.2, 0) is 4.74 Å². The number of hydrogen-bond donors (Lipinski definition) is 2. The van der Waals surface area contributed by atoms with E-state index in [0.29, 0.717) is 16.6 Å². The molecule has 0 saturated carbocycles. The fourth-order valence-corrected chi connectivity index (χ4v) is 2.59. The van der Waals surface area contributed by atoms with Crippen molar-refractivity contribution < 1.29 is 24.1 Å². The number of phenols is 2. The van der Waals surface area contributed by atoms with Gasteiger partial charge in [-0.05, 0) is 25.1 Å². The van der Waals surface area contributed by atoms with E-state index in [4.69, 9.17) is 4.74 Å². The molecule has 0 saturated heterocycles. The van der Waals surface area contributed by atoms with Gasteiger partial charge >= 0.3 is 5.97 Å². The van der Waals surface area contributed by atoms with Crippen molar-refractivity contribution in [2.45, 2.75) is 6.92 Å². The predicted molar refractivity (Wildman–Crippen MR) is 87.2 cm³/mol. The van der Waals surface area contributed by atoms with Crippen LogP contribution in [0.5, 0.6) is 11.5 Å². The third-order valence-electron chi connectivity index (χ3n) is 3.75. The van der Waals surface area contributed by atoms with Crippen molar-refractivity contribution in [3.8, 4) is 23.3 Å². The zero-order chi connectivity index (χ0) is 18.1. The topological polar surface area (TPSA) is 95.5 Å². The third kappa shape index (κ3) is 2.74. The number of aromatic hydroxyl groups is 2. The van der Waals surface area contributed by atoms with Crippen molar-refractivity contribution in [3.63, 3.8) is 0 Å².